The number of piperidine rings is 1. The predicted molar refractivity (Wildman–Crippen MR) is 44.8 cm³/mol. The fourth-order valence-electron chi connectivity index (χ4n) is 2.33. The molecule has 0 spiro atoms. The molecule has 0 aromatic rings. The van der Waals surface area contributed by atoms with Crippen LogP contribution in [-0.4, -0.2) is 29.6 Å². The molecule has 3 nitrogen and oxygen atoms in total. The van der Waals surface area contributed by atoms with Crippen molar-refractivity contribution in [2.75, 3.05) is 6.54 Å². The van der Waals surface area contributed by atoms with Crippen LogP contribution in [0.5, 0.6) is 0 Å². The quantitative estimate of drug-likeness (QED) is 0.540. The molecule has 3 atom stereocenters. The summed E-state index contributed by atoms with van der Waals surface area (Å²) in [6, 6.07) is 0.395. The molecule has 3 heteroatoms. The highest BCUT2D eigenvalue weighted by molar-refractivity contribution is 5.79. The monoisotopic (exact) mass is 169 g/mol. The Kier molecular flexibility index (Phi) is 2.15. The molecule has 0 aromatic carbocycles. The molecule has 2 rings (SSSR count). The van der Waals surface area contributed by atoms with Gasteiger partial charge in [0.05, 0.1) is 6.10 Å². The molecule has 1 heterocycles. The number of fused-ring (bicyclic) bond motifs is 1. The Morgan fingerprint density at radius 2 is 2.25 bits per heavy atom. The van der Waals surface area contributed by atoms with Crippen LogP contribution < -0.4 is 5.32 Å². The normalized spacial score (nSPS) is 42.4. The molecule has 1 saturated heterocycles. The molecule has 68 valence electrons. The highest BCUT2D eigenvalue weighted by atomic mass is 16.3. The smallest absolute Gasteiger partial charge is 0.133 e. The summed E-state index contributed by atoms with van der Waals surface area (Å²) in [7, 11) is 0. The molecule has 0 aromatic heterocycles. The third kappa shape index (κ3) is 1.39. The molecule has 2 aliphatic rings. The van der Waals surface area contributed by atoms with Gasteiger partial charge >= 0.3 is 0 Å². The Morgan fingerprint density at radius 3 is 3.08 bits per heavy atom. The lowest BCUT2D eigenvalue weighted by molar-refractivity contribution is -0.124. The molecular formula is C9H15NO2. The van der Waals surface area contributed by atoms with Crippen molar-refractivity contribution in [3.05, 3.63) is 0 Å². The Morgan fingerprint density at radius 1 is 1.42 bits per heavy atom. The summed E-state index contributed by atoms with van der Waals surface area (Å²) < 4.78 is 0. The zero-order chi connectivity index (χ0) is 8.55. The van der Waals surface area contributed by atoms with E-state index in [1.165, 1.54) is 0 Å². The molecule has 0 amide bonds. The minimum Gasteiger partial charge on any atom is -0.393 e. The standard InChI is InChI=1S/C9H15NO2/c11-6-1-2-8-7(5-6)9(12)3-4-10-8/h7-10,12H,1-5H2/t7-,8-,9+/m0/s1. The Balaban J connectivity index is 2.05. The number of Topliss-reactive ketones (excluding diaryl/α,β-unsaturated/α-hetero) is 1. The van der Waals surface area contributed by atoms with E-state index in [2.05, 4.69) is 5.32 Å². The molecule has 2 N–H and O–H groups in total. The Labute approximate surface area is 72.2 Å². The number of hydrogen-bond acceptors (Lipinski definition) is 3. The van der Waals surface area contributed by atoms with Gasteiger partial charge in [-0.05, 0) is 19.4 Å². The number of ketones is 1. The van der Waals surface area contributed by atoms with Gasteiger partial charge in [0.1, 0.15) is 5.78 Å². The summed E-state index contributed by atoms with van der Waals surface area (Å²) in [5.74, 6) is 0.513. The topological polar surface area (TPSA) is 49.3 Å². The fraction of sp³-hybridized carbons (Fsp3) is 0.889. The Hall–Kier alpha value is -0.410. The second-order valence-electron chi connectivity index (χ2n) is 3.86. The summed E-state index contributed by atoms with van der Waals surface area (Å²) in [5.41, 5.74) is 0. The van der Waals surface area contributed by atoms with Crippen molar-refractivity contribution in [3.8, 4) is 0 Å². The first-order chi connectivity index (χ1) is 5.77. The van der Waals surface area contributed by atoms with E-state index < -0.39 is 0 Å². The van der Waals surface area contributed by atoms with Crippen LogP contribution in [0.2, 0.25) is 0 Å². The molecule has 1 aliphatic carbocycles. The van der Waals surface area contributed by atoms with Gasteiger partial charge in [0.25, 0.3) is 0 Å². The van der Waals surface area contributed by atoms with Crippen LogP contribution in [-0.2, 0) is 4.79 Å². The summed E-state index contributed by atoms with van der Waals surface area (Å²) in [6.45, 7) is 0.899. The molecule has 0 unspecified atom stereocenters. The van der Waals surface area contributed by atoms with Crippen molar-refractivity contribution in [1.29, 1.82) is 0 Å². The third-order valence-electron chi connectivity index (χ3n) is 3.06. The lowest BCUT2D eigenvalue weighted by atomic mass is 9.77. The van der Waals surface area contributed by atoms with Crippen LogP contribution >= 0.6 is 0 Å². The maximum atomic E-state index is 11.1. The first-order valence-electron chi connectivity index (χ1n) is 4.70. The summed E-state index contributed by atoms with van der Waals surface area (Å²) >= 11 is 0. The fourth-order valence-corrected chi connectivity index (χ4v) is 2.33. The van der Waals surface area contributed by atoms with Crippen LogP contribution in [0.3, 0.4) is 0 Å². The van der Waals surface area contributed by atoms with Crippen molar-refractivity contribution in [1.82, 2.24) is 5.32 Å². The number of rotatable bonds is 0. The van der Waals surface area contributed by atoms with Crippen LogP contribution in [0, 0.1) is 5.92 Å². The molecule has 2 fully saturated rings. The van der Waals surface area contributed by atoms with E-state index in [1.807, 2.05) is 0 Å². The van der Waals surface area contributed by atoms with Gasteiger partial charge in [-0.3, -0.25) is 4.79 Å². The van der Waals surface area contributed by atoms with Crippen LogP contribution in [0.25, 0.3) is 0 Å². The summed E-state index contributed by atoms with van der Waals surface area (Å²) in [5, 5.41) is 13.0. The van der Waals surface area contributed by atoms with E-state index in [4.69, 9.17) is 0 Å². The lowest BCUT2D eigenvalue weighted by Gasteiger charge is -2.38. The van der Waals surface area contributed by atoms with Gasteiger partial charge < -0.3 is 10.4 Å². The average molecular weight is 169 g/mol. The highest BCUT2D eigenvalue weighted by Gasteiger charge is 2.36. The first kappa shape index (κ1) is 8.20. The van der Waals surface area contributed by atoms with E-state index >= 15 is 0 Å². The SMILES string of the molecule is O=C1CC[C@@H]2NCC[C@@H](O)[C@H]2C1. The average Bonchev–Trinajstić information content (AvgIpc) is 2.07. The number of carbonyl (C=O) groups is 1. The van der Waals surface area contributed by atoms with E-state index in [0.29, 0.717) is 24.7 Å². The maximum absolute atomic E-state index is 11.1. The van der Waals surface area contributed by atoms with Gasteiger partial charge in [-0.1, -0.05) is 0 Å². The molecule has 1 aliphatic heterocycles. The highest BCUT2D eigenvalue weighted by Crippen LogP contribution is 2.28. The van der Waals surface area contributed by atoms with Gasteiger partial charge in [0.2, 0.25) is 0 Å². The zero-order valence-corrected chi connectivity index (χ0v) is 7.12. The van der Waals surface area contributed by atoms with Crippen molar-refractivity contribution >= 4 is 5.78 Å². The van der Waals surface area contributed by atoms with Gasteiger partial charge in [-0.2, -0.15) is 0 Å². The maximum Gasteiger partial charge on any atom is 0.133 e. The minimum atomic E-state index is -0.250. The van der Waals surface area contributed by atoms with Crippen molar-refractivity contribution < 1.29 is 9.90 Å². The van der Waals surface area contributed by atoms with Gasteiger partial charge in [0.15, 0.2) is 0 Å². The van der Waals surface area contributed by atoms with Gasteiger partial charge in [-0.25, -0.2) is 0 Å². The van der Waals surface area contributed by atoms with Crippen LogP contribution in [0.15, 0.2) is 0 Å². The van der Waals surface area contributed by atoms with E-state index in [-0.39, 0.29) is 12.0 Å². The van der Waals surface area contributed by atoms with Gasteiger partial charge in [0, 0.05) is 24.8 Å². The van der Waals surface area contributed by atoms with E-state index in [1.54, 1.807) is 0 Å². The molecule has 12 heavy (non-hydrogen) atoms. The lowest BCUT2D eigenvalue weighted by Crippen LogP contribution is -2.51. The van der Waals surface area contributed by atoms with Crippen LogP contribution in [0.4, 0.5) is 0 Å². The van der Waals surface area contributed by atoms with Crippen LogP contribution in [0.1, 0.15) is 25.7 Å². The Bertz CT molecular complexity index is 193. The number of nitrogens with one attached hydrogen (secondary N) is 1. The summed E-state index contributed by atoms with van der Waals surface area (Å²) in [4.78, 5) is 11.1. The number of hydrogen-bond donors (Lipinski definition) is 2. The van der Waals surface area contributed by atoms with E-state index in [9.17, 15) is 9.90 Å². The number of aliphatic hydroxyl groups is 1. The largest absolute Gasteiger partial charge is 0.393 e. The van der Waals surface area contributed by atoms with Crippen molar-refractivity contribution in [2.24, 2.45) is 5.92 Å². The molecular weight excluding hydrogens is 154 g/mol. The molecule has 0 radical (unpaired) electrons. The second-order valence-corrected chi connectivity index (χ2v) is 3.86. The number of aliphatic hydroxyl groups excluding tert-OH is 1. The van der Waals surface area contributed by atoms with E-state index in [0.717, 1.165) is 19.4 Å². The molecule has 0 bridgehead atoms. The predicted octanol–water partition coefficient (Wildman–Crippen LogP) is 0.0784. The van der Waals surface area contributed by atoms with Crippen molar-refractivity contribution in [3.63, 3.8) is 0 Å². The van der Waals surface area contributed by atoms with Crippen molar-refractivity contribution in [2.45, 2.75) is 37.8 Å². The minimum absolute atomic E-state index is 0.194. The first-order valence-corrected chi connectivity index (χ1v) is 4.70. The third-order valence-corrected chi connectivity index (χ3v) is 3.06. The summed E-state index contributed by atoms with van der Waals surface area (Å²) in [6.07, 6.45) is 2.75. The zero-order valence-electron chi connectivity index (χ0n) is 7.12. The number of carbonyl (C=O) groups excluding carboxylic acids is 1. The second kappa shape index (κ2) is 3.15. The van der Waals surface area contributed by atoms with Gasteiger partial charge in [-0.15, -0.1) is 0 Å². The molecule has 1 saturated carbocycles.